The molecule has 2 heterocycles. The summed E-state index contributed by atoms with van der Waals surface area (Å²) >= 11 is 0. The molecule has 25 heavy (non-hydrogen) atoms. The number of para-hydroxylation sites is 1. The number of amides is 2. The molecule has 2 amide bonds. The van der Waals surface area contributed by atoms with Gasteiger partial charge in [-0.1, -0.05) is 25.0 Å². The molecule has 1 fully saturated rings. The first kappa shape index (κ1) is 17.3. The van der Waals surface area contributed by atoms with Gasteiger partial charge in [0.05, 0.1) is 18.8 Å². The number of halogens is 1. The van der Waals surface area contributed by atoms with E-state index >= 15 is 0 Å². The second kappa shape index (κ2) is 8.55. The SMILES string of the molecule is O=C(NCCOc1ccccc1F)N1CCCCC[C@H]1c1ccco1. The molecule has 0 radical (unpaired) electrons. The summed E-state index contributed by atoms with van der Waals surface area (Å²) in [5, 5.41) is 2.86. The molecule has 1 N–H and O–H groups in total. The third-order valence-electron chi connectivity index (χ3n) is 4.36. The van der Waals surface area contributed by atoms with E-state index < -0.39 is 5.82 Å². The van der Waals surface area contributed by atoms with E-state index in [4.69, 9.17) is 9.15 Å². The third kappa shape index (κ3) is 4.53. The van der Waals surface area contributed by atoms with E-state index in [2.05, 4.69) is 5.32 Å². The molecule has 1 saturated heterocycles. The lowest BCUT2D eigenvalue weighted by Crippen LogP contribution is -2.43. The number of benzene rings is 1. The van der Waals surface area contributed by atoms with Crippen molar-refractivity contribution in [1.82, 2.24) is 10.2 Å². The van der Waals surface area contributed by atoms with Gasteiger partial charge in [-0.25, -0.2) is 9.18 Å². The van der Waals surface area contributed by atoms with Crippen molar-refractivity contribution in [3.63, 3.8) is 0 Å². The highest BCUT2D eigenvalue weighted by Gasteiger charge is 2.28. The van der Waals surface area contributed by atoms with Crippen LogP contribution < -0.4 is 10.1 Å². The van der Waals surface area contributed by atoms with Gasteiger partial charge in [0.25, 0.3) is 0 Å². The number of carbonyl (C=O) groups is 1. The van der Waals surface area contributed by atoms with Crippen molar-refractivity contribution in [2.24, 2.45) is 0 Å². The summed E-state index contributed by atoms with van der Waals surface area (Å²) < 4.78 is 24.4. The number of urea groups is 1. The smallest absolute Gasteiger partial charge is 0.318 e. The van der Waals surface area contributed by atoms with Crippen molar-refractivity contribution in [3.8, 4) is 5.75 Å². The number of hydrogen-bond donors (Lipinski definition) is 1. The van der Waals surface area contributed by atoms with Gasteiger partial charge in [0, 0.05) is 6.54 Å². The van der Waals surface area contributed by atoms with Gasteiger partial charge < -0.3 is 19.4 Å². The monoisotopic (exact) mass is 346 g/mol. The zero-order valence-electron chi connectivity index (χ0n) is 14.1. The predicted octanol–water partition coefficient (Wildman–Crippen LogP) is 4.12. The molecule has 0 unspecified atom stereocenters. The molecule has 5 nitrogen and oxygen atoms in total. The van der Waals surface area contributed by atoms with E-state index in [-0.39, 0.29) is 24.4 Å². The Morgan fingerprint density at radius 1 is 1.24 bits per heavy atom. The van der Waals surface area contributed by atoms with E-state index in [9.17, 15) is 9.18 Å². The highest BCUT2D eigenvalue weighted by Crippen LogP contribution is 2.30. The maximum Gasteiger partial charge on any atom is 0.318 e. The van der Waals surface area contributed by atoms with Crippen molar-refractivity contribution >= 4 is 6.03 Å². The molecular weight excluding hydrogens is 323 g/mol. The minimum atomic E-state index is -0.403. The lowest BCUT2D eigenvalue weighted by Gasteiger charge is -2.28. The van der Waals surface area contributed by atoms with Crippen LogP contribution in [0.15, 0.2) is 47.1 Å². The van der Waals surface area contributed by atoms with Crippen molar-refractivity contribution in [1.29, 1.82) is 0 Å². The van der Waals surface area contributed by atoms with Crippen molar-refractivity contribution in [2.75, 3.05) is 19.7 Å². The zero-order valence-corrected chi connectivity index (χ0v) is 14.1. The fourth-order valence-electron chi connectivity index (χ4n) is 3.11. The second-order valence-corrected chi connectivity index (χ2v) is 6.08. The topological polar surface area (TPSA) is 54.7 Å². The lowest BCUT2D eigenvalue weighted by molar-refractivity contribution is 0.164. The zero-order chi connectivity index (χ0) is 17.5. The predicted molar refractivity (Wildman–Crippen MR) is 91.9 cm³/mol. The molecule has 1 aliphatic rings. The molecule has 3 rings (SSSR count). The van der Waals surface area contributed by atoms with Gasteiger partial charge in [-0.2, -0.15) is 0 Å². The quantitative estimate of drug-likeness (QED) is 0.829. The Labute approximate surface area is 146 Å². The molecule has 1 aromatic heterocycles. The highest BCUT2D eigenvalue weighted by atomic mass is 19.1. The third-order valence-corrected chi connectivity index (χ3v) is 4.36. The average molecular weight is 346 g/mol. The van der Waals surface area contributed by atoms with Gasteiger partial charge in [0.2, 0.25) is 0 Å². The standard InChI is InChI=1S/C19H23FN2O3/c20-15-7-3-4-9-17(15)25-14-11-21-19(23)22-12-5-1-2-8-16(22)18-10-6-13-24-18/h3-4,6-7,9-10,13,16H,1-2,5,8,11-12,14H2,(H,21,23)/t16-/m0/s1. The van der Waals surface area contributed by atoms with E-state index in [1.807, 2.05) is 17.0 Å². The molecule has 0 spiro atoms. The van der Waals surface area contributed by atoms with Gasteiger partial charge >= 0.3 is 6.03 Å². The Kier molecular flexibility index (Phi) is 5.93. The number of likely N-dealkylation sites (tertiary alicyclic amines) is 1. The molecule has 6 heteroatoms. The van der Waals surface area contributed by atoms with Crippen LogP contribution in [-0.2, 0) is 0 Å². The molecule has 134 valence electrons. The molecular formula is C19H23FN2O3. The normalized spacial score (nSPS) is 17.8. The van der Waals surface area contributed by atoms with Crippen molar-refractivity contribution < 1.29 is 18.3 Å². The van der Waals surface area contributed by atoms with Crippen LogP contribution in [0.5, 0.6) is 5.75 Å². The van der Waals surface area contributed by atoms with E-state index in [0.717, 1.165) is 31.4 Å². The number of nitrogens with zero attached hydrogens (tertiary/aromatic N) is 1. The minimum absolute atomic E-state index is 0.0370. The number of furan rings is 1. The van der Waals surface area contributed by atoms with Crippen LogP contribution in [-0.4, -0.2) is 30.6 Å². The van der Waals surface area contributed by atoms with Crippen LogP contribution in [0.4, 0.5) is 9.18 Å². The molecule has 1 aliphatic heterocycles. The van der Waals surface area contributed by atoms with Crippen LogP contribution in [0.25, 0.3) is 0 Å². The summed E-state index contributed by atoms with van der Waals surface area (Å²) in [6.45, 7) is 1.23. The fraction of sp³-hybridized carbons (Fsp3) is 0.421. The van der Waals surface area contributed by atoms with E-state index in [1.54, 1.807) is 24.5 Å². The van der Waals surface area contributed by atoms with E-state index in [1.165, 1.54) is 6.07 Å². The highest BCUT2D eigenvalue weighted by molar-refractivity contribution is 5.74. The molecule has 0 saturated carbocycles. The molecule has 1 atom stereocenters. The summed E-state index contributed by atoms with van der Waals surface area (Å²) in [4.78, 5) is 14.4. The first-order valence-electron chi connectivity index (χ1n) is 8.71. The molecule has 2 aromatic rings. The fourth-order valence-corrected chi connectivity index (χ4v) is 3.11. The van der Waals surface area contributed by atoms with E-state index in [0.29, 0.717) is 13.1 Å². The minimum Gasteiger partial charge on any atom is -0.489 e. The lowest BCUT2D eigenvalue weighted by atomic mass is 10.1. The van der Waals surface area contributed by atoms with Gasteiger partial charge in [0.1, 0.15) is 12.4 Å². The van der Waals surface area contributed by atoms with Crippen LogP contribution in [0.2, 0.25) is 0 Å². The summed E-state index contributed by atoms with van der Waals surface area (Å²) in [6.07, 6.45) is 5.70. The van der Waals surface area contributed by atoms with Crippen molar-refractivity contribution in [3.05, 3.63) is 54.2 Å². The maximum absolute atomic E-state index is 13.5. The number of ether oxygens (including phenoxy) is 1. The maximum atomic E-state index is 13.5. The Hall–Kier alpha value is -2.50. The summed E-state index contributed by atoms with van der Waals surface area (Å²) in [7, 11) is 0. The number of rotatable bonds is 5. The Bertz CT molecular complexity index is 675. The van der Waals surface area contributed by atoms with Crippen molar-refractivity contribution in [2.45, 2.75) is 31.7 Å². The summed E-state index contributed by atoms with van der Waals surface area (Å²) in [5.74, 6) is 0.610. The Balaban J connectivity index is 1.53. The van der Waals surface area contributed by atoms with Crippen LogP contribution in [0, 0.1) is 5.82 Å². The van der Waals surface area contributed by atoms with Gasteiger partial charge in [-0.05, 0) is 37.1 Å². The van der Waals surface area contributed by atoms with Gasteiger partial charge in [-0.3, -0.25) is 0 Å². The summed E-state index contributed by atoms with van der Waals surface area (Å²) in [6, 6.07) is 9.82. The molecule has 1 aromatic carbocycles. The Morgan fingerprint density at radius 3 is 2.92 bits per heavy atom. The van der Waals surface area contributed by atoms with Gasteiger partial charge in [-0.15, -0.1) is 0 Å². The second-order valence-electron chi connectivity index (χ2n) is 6.08. The number of nitrogens with one attached hydrogen (secondary N) is 1. The average Bonchev–Trinajstić information content (AvgIpc) is 3.04. The van der Waals surface area contributed by atoms with Crippen LogP contribution in [0.1, 0.15) is 37.5 Å². The first-order valence-corrected chi connectivity index (χ1v) is 8.71. The Morgan fingerprint density at radius 2 is 2.12 bits per heavy atom. The molecule has 0 bridgehead atoms. The number of carbonyl (C=O) groups excluding carboxylic acids is 1. The number of hydrogen-bond acceptors (Lipinski definition) is 3. The molecule has 0 aliphatic carbocycles. The largest absolute Gasteiger partial charge is 0.489 e. The van der Waals surface area contributed by atoms with Crippen LogP contribution >= 0.6 is 0 Å². The van der Waals surface area contributed by atoms with Gasteiger partial charge in [0.15, 0.2) is 11.6 Å². The summed E-state index contributed by atoms with van der Waals surface area (Å²) in [5.41, 5.74) is 0. The first-order chi connectivity index (χ1) is 12.3. The van der Waals surface area contributed by atoms with Crippen LogP contribution in [0.3, 0.4) is 0 Å².